The summed E-state index contributed by atoms with van der Waals surface area (Å²) in [7, 11) is 1.54. The summed E-state index contributed by atoms with van der Waals surface area (Å²) in [5.74, 6) is 0. The number of nitrogens with one attached hydrogen (secondary N) is 1. The average molecular weight is 225 g/mol. The molecule has 0 aliphatic heterocycles. The van der Waals surface area contributed by atoms with Gasteiger partial charge in [-0.05, 0) is 18.2 Å². The molecule has 0 unspecified atom stereocenters. The van der Waals surface area contributed by atoms with Gasteiger partial charge in [-0.3, -0.25) is 10.3 Å². The molecule has 0 saturated heterocycles. The number of hydrogen-bond acceptors (Lipinski definition) is 4. The van der Waals surface area contributed by atoms with Gasteiger partial charge in [0.25, 0.3) is 0 Å². The predicted octanol–water partition coefficient (Wildman–Crippen LogP) is 1.89. The summed E-state index contributed by atoms with van der Waals surface area (Å²) >= 11 is 6.06. The Morgan fingerprint density at radius 3 is 2.67 bits per heavy atom. The Balaban J connectivity index is 2.35. The molecular weight excluding hydrogens is 216 g/mol. The molecule has 0 bridgehead atoms. The van der Waals surface area contributed by atoms with Gasteiger partial charge in [-0.25, -0.2) is 0 Å². The maximum absolute atomic E-state index is 6.06. The number of anilines is 1. The Labute approximate surface area is 91.6 Å². The van der Waals surface area contributed by atoms with Crippen LogP contribution in [-0.2, 0) is 4.84 Å². The van der Waals surface area contributed by atoms with E-state index < -0.39 is 0 Å². The topological polar surface area (TPSA) is 52.0 Å². The van der Waals surface area contributed by atoms with Gasteiger partial charge >= 0.3 is 0 Å². The van der Waals surface area contributed by atoms with Gasteiger partial charge in [-0.15, -0.1) is 0 Å². The van der Waals surface area contributed by atoms with Crippen molar-refractivity contribution in [2.45, 2.75) is 0 Å². The first kappa shape index (κ1) is 9.95. The second kappa shape index (κ2) is 4.29. The lowest BCUT2D eigenvalue weighted by Gasteiger charge is -2.06. The molecule has 2 rings (SSSR count). The Morgan fingerprint density at radius 1 is 1.33 bits per heavy atom. The lowest BCUT2D eigenvalue weighted by atomic mass is 10.3. The lowest BCUT2D eigenvalue weighted by molar-refractivity contribution is 0.271. The van der Waals surface area contributed by atoms with Crippen molar-refractivity contribution in [1.29, 1.82) is 0 Å². The highest BCUT2D eigenvalue weighted by molar-refractivity contribution is 6.32. The molecular formula is C9H9ClN4O. The Hall–Kier alpha value is -1.59. The van der Waals surface area contributed by atoms with E-state index in [1.54, 1.807) is 18.5 Å². The normalized spacial score (nSPS) is 10.3. The van der Waals surface area contributed by atoms with Gasteiger partial charge in [0.2, 0.25) is 0 Å². The van der Waals surface area contributed by atoms with Gasteiger partial charge in [0, 0.05) is 0 Å². The van der Waals surface area contributed by atoms with E-state index >= 15 is 0 Å². The van der Waals surface area contributed by atoms with Crippen LogP contribution in [0.5, 0.6) is 0 Å². The third kappa shape index (κ3) is 2.08. The summed E-state index contributed by atoms with van der Waals surface area (Å²) < 4.78 is 0. The highest BCUT2D eigenvalue weighted by atomic mass is 35.5. The minimum Gasteiger partial charge on any atom is -0.279 e. The van der Waals surface area contributed by atoms with Crippen molar-refractivity contribution in [3.63, 3.8) is 0 Å². The zero-order valence-electron chi connectivity index (χ0n) is 8.01. The molecule has 1 N–H and O–H groups in total. The van der Waals surface area contributed by atoms with Crippen molar-refractivity contribution in [2.24, 2.45) is 0 Å². The molecule has 0 radical (unpaired) electrons. The van der Waals surface area contributed by atoms with Crippen molar-refractivity contribution in [3.05, 3.63) is 35.6 Å². The summed E-state index contributed by atoms with van der Waals surface area (Å²) in [4.78, 5) is 6.22. The number of hydrogen-bond donors (Lipinski definition) is 1. The SMILES string of the molecule is CONc1ccc(-n2nccn2)c(Cl)c1. The van der Waals surface area contributed by atoms with Gasteiger partial charge in [0.15, 0.2) is 0 Å². The van der Waals surface area contributed by atoms with E-state index in [0.29, 0.717) is 5.02 Å². The van der Waals surface area contributed by atoms with Gasteiger partial charge < -0.3 is 0 Å². The van der Waals surface area contributed by atoms with Gasteiger partial charge in [0.1, 0.15) is 5.69 Å². The summed E-state index contributed by atoms with van der Waals surface area (Å²) in [5.41, 5.74) is 4.19. The van der Waals surface area contributed by atoms with Crippen LogP contribution in [0, 0.1) is 0 Å². The van der Waals surface area contributed by atoms with Crippen LogP contribution in [0.3, 0.4) is 0 Å². The minimum absolute atomic E-state index is 0.549. The molecule has 15 heavy (non-hydrogen) atoms. The van der Waals surface area contributed by atoms with Crippen molar-refractivity contribution in [3.8, 4) is 5.69 Å². The fourth-order valence-corrected chi connectivity index (χ4v) is 1.45. The van der Waals surface area contributed by atoms with Crippen LogP contribution in [0.15, 0.2) is 30.6 Å². The van der Waals surface area contributed by atoms with E-state index in [2.05, 4.69) is 15.7 Å². The van der Waals surface area contributed by atoms with E-state index in [0.717, 1.165) is 11.4 Å². The molecule has 5 nitrogen and oxygen atoms in total. The maximum Gasteiger partial charge on any atom is 0.104 e. The molecule has 0 spiro atoms. The standard InChI is InChI=1S/C9H9ClN4O/c1-15-13-7-2-3-9(8(10)6-7)14-11-4-5-12-14/h2-6,13H,1H3. The van der Waals surface area contributed by atoms with Crippen LogP contribution < -0.4 is 5.48 Å². The summed E-state index contributed by atoms with van der Waals surface area (Å²) in [6.07, 6.45) is 3.19. The Kier molecular flexibility index (Phi) is 2.84. The van der Waals surface area contributed by atoms with Gasteiger partial charge in [-0.1, -0.05) is 11.6 Å². The van der Waals surface area contributed by atoms with Gasteiger partial charge in [0.05, 0.1) is 30.2 Å². The summed E-state index contributed by atoms with van der Waals surface area (Å²) in [6, 6.07) is 5.38. The molecule has 0 atom stereocenters. The van der Waals surface area contributed by atoms with E-state index in [1.807, 2.05) is 12.1 Å². The summed E-state index contributed by atoms with van der Waals surface area (Å²) in [6.45, 7) is 0. The van der Waals surface area contributed by atoms with Crippen LogP contribution in [0.4, 0.5) is 5.69 Å². The predicted molar refractivity (Wildman–Crippen MR) is 57.0 cm³/mol. The van der Waals surface area contributed by atoms with Crippen molar-refractivity contribution < 1.29 is 4.84 Å². The van der Waals surface area contributed by atoms with Crippen molar-refractivity contribution in [1.82, 2.24) is 15.0 Å². The number of halogens is 1. The van der Waals surface area contributed by atoms with Crippen LogP contribution in [-0.4, -0.2) is 22.1 Å². The van der Waals surface area contributed by atoms with Gasteiger partial charge in [-0.2, -0.15) is 15.0 Å². The molecule has 6 heteroatoms. The fourth-order valence-electron chi connectivity index (χ4n) is 1.19. The molecule has 1 aromatic heterocycles. The van der Waals surface area contributed by atoms with E-state index in [-0.39, 0.29) is 0 Å². The lowest BCUT2D eigenvalue weighted by Crippen LogP contribution is -2.01. The molecule has 0 aliphatic rings. The Bertz CT molecular complexity index is 443. The molecule has 0 fully saturated rings. The molecule has 0 saturated carbocycles. The molecule has 0 amide bonds. The first-order chi connectivity index (χ1) is 7.31. The number of rotatable bonds is 3. The number of aromatic nitrogens is 3. The van der Waals surface area contributed by atoms with Crippen LogP contribution in [0.1, 0.15) is 0 Å². The van der Waals surface area contributed by atoms with Crippen molar-refractivity contribution in [2.75, 3.05) is 12.6 Å². The second-order valence-electron chi connectivity index (χ2n) is 2.79. The number of nitrogens with zero attached hydrogens (tertiary/aromatic N) is 3. The molecule has 1 aromatic carbocycles. The van der Waals surface area contributed by atoms with Crippen LogP contribution in [0.2, 0.25) is 5.02 Å². The monoisotopic (exact) mass is 224 g/mol. The zero-order chi connectivity index (χ0) is 10.7. The first-order valence-corrected chi connectivity index (χ1v) is 4.64. The fraction of sp³-hybridized carbons (Fsp3) is 0.111. The van der Waals surface area contributed by atoms with Crippen LogP contribution >= 0.6 is 11.6 Å². The highest BCUT2D eigenvalue weighted by Gasteiger charge is 2.04. The minimum atomic E-state index is 0.549. The Morgan fingerprint density at radius 2 is 2.07 bits per heavy atom. The zero-order valence-corrected chi connectivity index (χ0v) is 8.77. The van der Waals surface area contributed by atoms with Crippen molar-refractivity contribution >= 4 is 17.3 Å². The first-order valence-electron chi connectivity index (χ1n) is 4.26. The summed E-state index contributed by atoms with van der Waals surface area (Å²) in [5, 5.41) is 8.53. The molecule has 78 valence electrons. The molecule has 2 aromatic rings. The average Bonchev–Trinajstić information content (AvgIpc) is 2.71. The molecule has 0 aliphatic carbocycles. The smallest absolute Gasteiger partial charge is 0.104 e. The van der Waals surface area contributed by atoms with E-state index in [4.69, 9.17) is 16.4 Å². The third-order valence-corrected chi connectivity index (χ3v) is 2.10. The van der Waals surface area contributed by atoms with E-state index in [1.165, 1.54) is 11.9 Å². The highest BCUT2D eigenvalue weighted by Crippen LogP contribution is 2.22. The van der Waals surface area contributed by atoms with Crippen LogP contribution in [0.25, 0.3) is 5.69 Å². The molecule has 1 heterocycles. The third-order valence-electron chi connectivity index (χ3n) is 1.80. The van der Waals surface area contributed by atoms with E-state index in [9.17, 15) is 0 Å². The quantitative estimate of drug-likeness (QED) is 0.809. The largest absolute Gasteiger partial charge is 0.279 e. The second-order valence-corrected chi connectivity index (χ2v) is 3.20. The number of benzene rings is 1. The maximum atomic E-state index is 6.06.